The maximum absolute atomic E-state index is 11.1. The molecule has 2 nitrogen and oxygen atoms in total. The molecule has 6 heteroatoms. The van der Waals surface area contributed by atoms with Gasteiger partial charge in [0.15, 0.2) is 0 Å². The van der Waals surface area contributed by atoms with Gasteiger partial charge in [0.2, 0.25) is 0 Å². The summed E-state index contributed by atoms with van der Waals surface area (Å²) >= 11 is -1.68. The number of hydrogen-bond acceptors (Lipinski definition) is 2. The molecule has 1 aliphatic carbocycles. The van der Waals surface area contributed by atoms with E-state index in [0.717, 1.165) is 6.42 Å². The maximum atomic E-state index is 11.1. The molecule has 0 aromatic heterocycles. The molecule has 0 amide bonds. The summed E-state index contributed by atoms with van der Waals surface area (Å²) in [6.45, 7) is 0. The summed E-state index contributed by atoms with van der Waals surface area (Å²) < 4.78 is 6.01. The number of carbonyl (C=O) groups is 1. The van der Waals surface area contributed by atoms with Gasteiger partial charge in [-0.1, -0.05) is 0 Å². The van der Waals surface area contributed by atoms with Gasteiger partial charge in [0.05, 0.1) is 0 Å². The van der Waals surface area contributed by atoms with Gasteiger partial charge in [-0.15, -0.1) is 37.2 Å². The van der Waals surface area contributed by atoms with E-state index in [1.54, 1.807) is 0 Å². The number of halogens is 3. The van der Waals surface area contributed by atoms with Crippen molar-refractivity contribution in [2.75, 3.05) is 7.11 Å². The predicted molar refractivity (Wildman–Crippen MR) is 61.9 cm³/mol. The molecule has 0 N–H and O–H groups in total. The molecule has 0 radical (unpaired) electrons. The number of methoxy groups -OCH3 is 1. The van der Waals surface area contributed by atoms with Gasteiger partial charge in [-0.25, -0.2) is 0 Å². The third-order valence-corrected chi connectivity index (χ3v) is 5.10. The first kappa shape index (κ1) is 20.0. The van der Waals surface area contributed by atoms with Gasteiger partial charge in [0.25, 0.3) is 0 Å². The number of carbonyl (C=O) groups excluding carboxylic acids is 1. The molecule has 0 atom stereocenters. The molecule has 0 aromatic carbocycles. The van der Waals surface area contributed by atoms with E-state index in [9.17, 15) is 4.79 Å². The molecule has 0 spiro atoms. The van der Waals surface area contributed by atoms with Gasteiger partial charge in [-0.05, 0) is 0 Å². The molecule has 14 heavy (non-hydrogen) atoms. The van der Waals surface area contributed by atoms with Crippen molar-refractivity contribution in [3.05, 3.63) is 22.1 Å². The van der Waals surface area contributed by atoms with Crippen molar-refractivity contribution in [3.63, 3.8) is 0 Å². The maximum Gasteiger partial charge on any atom is -0.147 e. The van der Waals surface area contributed by atoms with Crippen molar-refractivity contribution in [1.29, 1.82) is 0 Å². The van der Waals surface area contributed by atoms with Crippen LogP contribution >= 0.6 is 37.2 Å². The molecule has 1 rings (SSSR count). The third kappa shape index (κ3) is 5.42. The van der Waals surface area contributed by atoms with E-state index in [1.807, 2.05) is 17.4 Å². The van der Waals surface area contributed by atoms with Crippen LogP contribution in [0.15, 0.2) is 22.1 Å². The standard InChI is InChI=1S/C5H5.C2H3O2.CH3.3ClH.Ti/c1-2-4-5-3-1;1-4-2-3;;;;;/h1-3H,4H2;1H3;1H3;3*1H;. The van der Waals surface area contributed by atoms with Crippen LogP contribution in [-0.2, 0) is 22.6 Å². The van der Waals surface area contributed by atoms with E-state index in [0.29, 0.717) is 0 Å². The van der Waals surface area contributed by atoms with E-state index in [-0.39, 0.29) is 41.5 Å². The summed E-state index contributed by atoms with van der Waals surface area (Å²) in [5.74, 6) is 0. The first-order valence-corrected chi connectivity index (χ1v) is 6.66. The summed E-state index contributed by atoms with van der Waals surface area (Å²) in [7, 11) is 1.46. The summed E-state index contributed by atoms with van der Waals surface area (Å²) in [5, 5.41) is 2.03. The molecular weight excluding hydrogens is 282 g/mol. The third-order valence-electron chi connectivity index (χ3n) is 1.74. The summed E-state index contributed by atoms with van der Waals surface area (Å²) in [5.41, 5.74) is 0. The first-order valence-electron chi connectivity index (χ1n) is 3.53. The van der Waals surface area contributed by atoms with E-state index in [4.69, 9.17) is 4.74 Å². The molecule has 0 heterocycles. The number of rotatable bonds is 2. The zero-order chi connectivity index (χ0) is 8.27. The summed E-state index contributed by atoms with van der Waals surface area (Å²) in [6, 6.07) is 0. The van der Waals surface area contributed by atoms with Gasteiger partial charge in [-0.3, -0.25) is 0 Å². The van der Waals surface area contributed by atoms with Crippen LogP contribution in [0.1, 0.15) is 6.42 Å². The average Bonchev–Trinajstić information content (AvgIpc) is 2.53. The second-order valence-electron chi connectivity index (χ2n) is 2.44. The van der Waals surface area contributed by atoms with Gasteiger partial charge in [0, 0.05) is 0 Å². The fourth-order valence-corrected chi connectivity index (χ4v) is 3.10. The van der Waals surface area contributed by atoms with Crippen LogP contribution in [0.2, 0.25) is 5.23 Å². The molecule has 83 valence electrons. The van der Waals surface area contributed by atoms with E-state index < -0.39 is 17.9 Å². The average molecular weight is 296 g/mol. The first-order chi connectivity index (χ1) is 5.25. The molecule has 0 aromatic rings. The second kappa shape index (κ2) is 10.1. The van der Waals surface area contributed by atoms with E-state index in [2.05, 4.69) is 6.08 Å². The van der Waals surface area contributed by atoms with Crippen LogP contribution in [0.4, 0.5) is 4.79 Å². The van der Waals surface area contributed by atoms with Crippen molar-refractivity contribution in [2.24, 2.45) is 0 Å². The Hall–Kier alpha value is 0.534. The van der Waals surface area contributed by atoms with E-state index in [1.165, 1.54) is 11.0 Å². The number of ether oxygens (including phenoxy) is 1. The van der Waals surface area contributed by atoms with Gasteiger partial charge < -0.3 is 0 Å². The van der Waals surface area contributed by atoms with Crippen LogP contribution in [-0.4, -0.2) is 11.4 Å². The van der Waals surface area contributed by atoms with Crippen molar-refractivity contribution in [3.8, 4) is 0 Å². The Balaban J connectivity index is -0.000000403. The van der Waals surface area contributed by atoms with Gasteiger partial charge in [0.1, 0.15) is 0 Å². The van der Waals surface area contributed by atoms with Crippen LogP contribution in [0, 0.1) is 0 Å². The Morgan fingerprint density at radius 2 is 2.00 bits per heavy atom. The fourth-order valence-electron chi connectivity index (χ4n) is 1.01. The molecule has 0 bridgehead atoms. The smallest absolute Gasteiger partial charge is 0.147 e. The Bertz CT molecular complexity index is 229. The van der Waals surface area contributed by atoms with Crippen molar-refractivity contribution in [1.82, 2.24) is 0 Å². The molecule has 0 aliphatic heterocycles. The fraction of sp³-hybridized carbons (Fsp3) is 0.375. The topological polar surface area (TPSA) is 26.3 Å². The van der Waals surface area contributed by atoms with Crippen LogP contribution < -0.4 is 0 Å². The van der Waals surface area contributed by atoms with Crippen LogP contribution in [0.5, 0.6) is 0 Å². The molecular formula is C8H14Cl3O2Ti. The summed E-state index contributed by atoms with van der Waals surface area (Å²) in [6.07, 6.45) is 7.09. The normalized spacial score (nSPS) is 11.4. The SMILES string of the molecule is CO[C](=O)[Ti]([CH3])[C]1=CC=CC1.Cl.Cl.Cl. The largest absolute Gasteiger partial charge is 0.147 e. The zero-order valence-electron chi connectivity index (χ0n) is 7.98. The van der Waals surface area contributed by atoms with E-state index >= 15 is 0 Å². The van der Waals surface area contributed by atoms with Gasteiger partial charge >= 0.3 is 72.5 Å². The summed E-state index contributed by atoms with van der Waals surface area (Å²) in [4.78, 5) is 11.1. The minimum atomic E-state index is -1.68. The molecule has 0 unspecified atom stereocenters. The second-order valence-corrected chi connectivity index (χ2v) is 6.03. The number of hydrogen-bond donors (Lipinski definition) is 0. The molecule has 1 aliphatic rings. The van der Waals surface area contributed by atoms with Gasteiger partial charge in [-0.2, -0.15) is 0 Å². The minimum Gasteiger partial charge on any atom is -0.147 e. The number of allylic oxidation sites excluding steroid dienone is 4. The minimum absolute atomic E-state index is 0. The molecule has 0 fully saturated rings. The Morgan fingerprint density at radius 3 is 2.36 bits per heavy atom. The Kier molecular flexibility index (Phi) is 14.4. The van der Waals surface area contributed by atoms with Crippen molar-refractivity contribution >= 4 is 41.5 Å². The van der Waals surface area contributed by atoms with Crippen LogP contribution in [0.25, 0.3) is 0 Å². The molecule has 0 saturated heterocycles. The monoisotopic (exact) mass is 295 g/mol. The van der Waals surface area contributed by atoms with Crippen molar-refractivity contribution in [2.45, 2.75) is 11.6 Å². The van der Waals surface area contributed by atoms with Crippen molar-refractivity contribution < 1.29 is 27.4 Å². The quantitative estimate of drug-likeness (QED) is 0.729. The zero-order valence-corrected chi connectivity index (χ0v) is 12.0. The Morgan fingerprint density at radius 1 is 1.43 bits per heavy atom. The van der Waals surface area contributed by atoms with Crippen LogP contribution in [0.3, 0.4) is 0 Å². The molecule has 0 saturated carbocycles. The predicted octanol–water partition coefficient (Wildman–Crippen LogP) is 3.53. The Labute approximate surface area is 109 Å².